The highest BCUT2D eigenvalue weighted by Crippen LogP contribution is 2.22. The van der Waals surface area contributed by atoms with Crippen molar-refractivity contribution in [1.29, 1.82) is 0 Å². The number of anilines is 1. The number of nitro groups is 1. The van der Waals surface area contributed by atoms with Crippen molar-refractivity contribution >= 4 is 17.3 Å². The number of carboxylic acids is 1. The molecule has 8 heteroatoms. The number of nitrogens with zero attached hydrogens (tertiary/aromatic N) is 1. The van der Waals surface area contributed by atoms with E-state index in [1.54, 1.807) is 0 Å². The van der Waals surface area contributed by atoms with E-state index >= 15 is 0 Å². The number of hydrogen-bond donors (Lipinski definition) is 3. The fourth-order valence-corrected chi connectivity index (χ4v) is 1.46. The number of nitrogens with one attached hydrogen (secondary N) is 1. The second-order valence-electron chi connectivity index (χ2n) is 3.78. The highest BCUT2D eigenvalue weighted by molar-refractivity contribution is 5.93. The molecule has 0 heterocycles. The number of aromatic carboxylic acids is 1. The zero-order valence-electron chi connectivity index (χ0n) is 10.2. The second-order valence-corrected chi connectivity index (χ2v) is 3.78. The standard InChI is InChI=1S/C11H14N2O6/c1-19-6-8(14)5-12-7-2-3-10(13(17)18)9(4-7)11(15)16/h2-4,8,12,14H,5-6H2,1H3,(H,15,16). The van der Waals surface area contributed by atoms with Crippen LogP contribution in [0.1, 0.15) is 10.4 Å². The highest BCUT2D eigenvalue weighted by Gasteiger charge is 2.20. The minimum Gasteiger partial charge on any atom is -0.477 e. The van der Waals surface area contributed by atoms with Crippen molar-refractivity contribution in [1.82, 2.24) is 0 Å². The number of methoxy groups -OCH3 is 1. The molecule has 0 radical (unpaired) electrons. The Morgan fingerprint density at radius 1 is 1.58 bits per heavy atom. The minimum atomic E-state index is -1.38. The van der Waals surface area contributed by atoms with Crippen molar-refractivity contribution in [2.24, 2.45) is 0 Å². The Hall–Kier alpha value is -2.19. The third-order valence-electron chi connectivity index (χ3n) is 2.32. The maximum Gasteiger partial charge on any atom is 0.342 e. The first-order valence-electron chi connectivity index (χ1n) is 5.38. The molecule has 0 aliphatic rings. The number of hydrogen-bond acceptors (Lipinski definition) is 6. The SMILES string of the molecule is COCC(O)CNc1ccc([N+](=O)[O-])c(C(=O)O)c1. The molecule has 1 atom stereocenters. The first-order chi connectivity index (χ1) is 8.95. The van der Waals surface area contributed by atoms with Crippen LogP contribution >= 0.6 is 0 Å². The molecule has 1 rings (SSSR count). The molecule has 3 N–H and O–H groups in total. The molecule has 0 amide bonds. The van der Waals surface area contributed by atoms with Gasteiger partial charge >= 0.3 is 5.97 Å². The molecule has 0 aliphatic carbocycles. The van der Waals surface area contributed by atoms with Gasteiger partial charge in [-0.15, -0.1) is 0 Å². The summed E-state index contributed by atoms with van der Waals surface area (Å²) in [5.41, 5.74) is -0.509. The number of aliphatic hydroxyl groups is 1. The molecular weight excluding hydrogens is 256 g/mol. The number of benzene rings is 1. The van der Waals surface area contributed by atoms with Crippen molar-refractivity contribution in [2.45, 2.75) is 6.10 Å². The topological polar surface area (TPSA) is 122 Å². The number of carbonyl (C=O) groups is 1. The van der Waals surface area contributed by atoms with Crippen LogP contribution in [0, 0.1) is 10.1 Å². The average Bonchev–Trinajstić information content (AvgIpc) is 2.36. The molecule has 0 bridgehead atoms. The zero-order valence-corrected chi connectivity index (χ0v) is 10.2. The van der Waals surface area contributed by atoms with Crippen LogP contribution in [0.5, 0.6) is 0 Å². The van der Waals surface area contributed by atoms with Crippen LogP contribution in [0.3, 0.4) is 0 Å². The van der Waals surface area contributed by atoms with Gasteiger partial charge in [0.05, 0.1) is 17.6 Å². The van der Waals surface area contributed by atoms with Gasteiger partial charge in [0.2, 0.25) is 0 Å². The Bertz CT molecular complexity index is 476. The van der Waals surface area contributed by atoms with Gasteiger partial charge in [-0.05, 0) is 12.1 Å². The van der Waals surface area contributed by atoms with Crippen LogP contribution in [-0.4, -0.2) is 47.5 Å². The summed E-state index contributed by atoms with van der Waals surface area (Å²) in [6.45, 7) is 0.274. The maximum absolute atomic E-state index is 10.9. The van der Waals surface area contributed by atoms with E-state index in [0.717, 1.165) is 12.1 Å². The van der Waals surface area contributed by atoms with Gasteiger partial charge in [-0.2, -0.15) is 0 Å². The van der Waals surface area contributed by atoms with Gasteiger partial charge in [0.1, 0.15) is 5.56 Å². The molecule has 0 fully saturated rings. The Balaban J connectivity index is 2.84. The van der Waals surface area contributed by atoms with E-state index in [9.17, 15) is 20.0 Å². The number of ether oxygens (including phenoxy) is 1. The molecule has 0 saturated heterocycles. The Morgan fingerprint density at radius 2 is 2.26 bits per heavy atom. The van der Waals surface area contributed by atoms with E-state index in [1.165, 1.54) is 13.2 Å². The van der Waals surface area contributed by atoms with E-state index in [1.807, 2.05) is 0 Å². The molecule has 104 valence electrons. The van der Waals surface area contributed by atoms with E-state index in [4.69, 9.17) is 9.84 Å². The lowest BCUT2D eigenvalue weighted by Gasteiger charge is -2.12. The summed E-state index contributed by atoms with van der Waals surface area (Å²) in [5.74, 6) is -1.38. The van der Waals surface area contributed by atoms with Gasteiger partial charge in [0.25, 0.3) is 5.69 Å². The van der Waals surface area contributed by atoms with Crippen LogP contribution in [0.15, 0.2) is 18.2 Å². The van der Waals surface area contributed by atoms with Gasteiger partial charge in [-0.25, -0.2) is 4.79 Å². The van der Waals surface area contributed by atoms with E-state index in [2.05, 4.69) is 5.32 Å². The van der Waals surface area contributed by atoms with E-state index in [-0.39, 0.29) is 13.2 Å². The summed E-state index contributed by atoms with van der Waals surface area (Å²) in [7, 11) is 1.44. The normalized spacial score (nSPS) is 11.9. The molecule has 19 heavy (non-hydrogen) atoms. The monoisotopic (exact) mass is 270 g/mol. The summed E-state index contributed by atoms with van der Waals surface area (Å²) in [6, 6.07) is 3.64. The van der Waals surface area contributed by atoms with Crippen LogP contribution in [0.2, 0.25) is 0 Å². The summed E-state index contributed by atoms with van der Waals surface area (Å²) in [5, 5.41) is 31.7. The van der Waals surface area contributed by atoms with Crippen LogP contribution in [-0.2, 0) is 4.74 Å². The second kappa shape index (κ2) is 6.66. The molecule has 1 unspecified atom stereocenters. The predicted octanol–water partition coefficient (Wildman–Crippen LogP) is 0.712. The molecule has 0 aromatic heterocycles. The Labute approximate surface area is 108 Å². The van der Waals surface area contributed by atoms with Gasteiger partial charge in [-0.3, -0.25) is 10.1 Å². The fraction of sp³-hybridized carbons (Fsp3) is 0.364. The van der Waals surface area contributed by atoms with Crippen molar-refractivity contribution in [3.8, 4) is 0 Å². The fourth-order valence-electron chi connectivity index (χ4n) is 1.46. The van der Waals surface area contributed by atoms with Gasteiger partial charge in [0.15, 0.2) is 0 Å². The first-order valence-corrected chi connectivity index (χ1v) is 5.38. The highest BCUT2D eigenvalue weighted by atomic mass is 16.6. The lowest BCUT2D eigenvalue weighted by molar-refractivity contribution is -0.385. The lowest BCUT2D eigenvalue weighted by Crippen LogP contribution is -2.24. The summed E-state index contributed by atoms with van der Waals surface area (Å²) in [6.07, 6.45) is -0.756. The largest absolute Gasteiger partial charge is 0.477 e. The molecule has 0 aliphatic heterocycles. The summed E-state index contributed by atoms with van der Waals surface area (Å²) >= 11 is 0. The average molecular weight is 270 g/mol. The minimum absolute atomic E-state index is 0.131. The third kappa shape index (κ3) is 4.19. The molecule has 0 saturated carbocycles. The van der Waals surface area contributed by atoms with Gasteiger partial charge < -0.3 is 20.3 Å². The van der Waals surface area contributed by atoms with E-state index in [0.29, 0.717) is 5.69 Å². The van der Waals surface area contributed by atoms with Crippen molar-refractivity contribution < 1.29 is 24.7 Å². The van der Waals surface area contributed by atoms with Crippen molar-refractivity contribution in [3.05, 3.63) is 33.9 Å². The number of rotatable bonds is 7. The number of carboxylic acid groups (broad SMARTS) is 1. The van der Waals surface area contributed by atoms with Crippen molar-refractivity contribution in [2.75, 3.05) is 25.6 Å². The van der Waals surface area contributed by atoms with Gasteiger partial charge in [0, 0.05) is 25.4 Å². The summed E-state index contributed by atoms with van der Waals surface area (Å²) in [4.78, 5) is 20.8. The van der Waals surface area contributed by atoms with Crippen molar-refractivity contribution in [3.63, 3.8) is 0 Å². The lowest BCUT2D eigenvalue weighted by atomic mass is 10.1. The van der Waals surface area contributed by atoms with E-state index < -0.39 is 28.2 Å². The molecule has 1 aromatic carbocycles. The molecule has 0 spiro atoms. The first kappa shape index (κ1) is 14.9. The number of aliphatic hydroxyl groups excluding tert-OH is 1. The zero-order chi connectivity index (χ0) is 14.4. The smallest absolute Gasteiger partial charge is 0.342 e. The van der Waals surface area contributed by atoms with Crippen LogP contribution in [0.4, 0.5) is 11.4 Å². The predicted molar refractivity (Wildman–Crippen MR) is 66.4 cm³/mol. The maximum atomic E-state index is 10.9. The quantitative estimate of drug-likeness (QED) is 0.492. The van der Waals surface area contributed by atoms with Crippen LogP contribution < -0.4 is 5.32 Å². The van der Waals surface area contributed by atoms with Crippen LogP contribution in [0.25, 0.3) is 0 Å². The summed E-state index contributed by atoms with van der Waals surface area (Å²) < 4.78 is 4.73. The molecule has 8 nitrogen and oxygen atoms in total. The number of nitro benzene ring substituents is 1. The molecule has 1 aromatic rings. The molecular formula is C11H14N2O6. The Morgan fingerprint density at radius 3 is 2.79 bits per heavy atom. The van der Waals surface area contributed by atoms with Gasteiger partial charge in [-0.1, -0.05) is 0 Å². The Kier molecular flexibility index (Phi) is 5.22. The third-order valence-corrected chi connectivity index (χ3v) is 2.32.